The number of benzene rings is 1. The average Bonchev–Trinajstić information content (AvgIpc) is 2.60. The fourth-order valence-corrected chi connectivity index (χ4v) is 3.22. The normalized spacial score (nSPS) is 17.2. The Morgan fingerprint density at radius 1 is 1.11 bits per heavy atom. The number of nitrogens with one attached hydrogen (secondary N) is 1. The second-order valence-corrected chi connectivity index (χ2v) is 7.75. The predicted octanol–water partition coefficient (Wildman–Crippen LogP) is 3.77. The summed E-state index contributed by atoms with van der Waals surface area (Å²) in [6.45, 7) is 9.22. The molecular formula is C20H30F3N3O. The predicted molar refractivity (Wildman–Crippen MR) is 102 cm³/mol. The van der Waals surface area contributed by atoms with Gasteiger partial charge in [-0.25, -0.2) is 0 Å². The van der Waals surface area contributed by atoms with E-state index < -0.39 is 11.7 Å². The first kappa shape index (κ1) is 21.5. The zero-order chi connectivity index (χ0) is 20.0. The van der Waals surface area contributed by atoms with Crippen molar-refractivity contribution >= 4 is 11.6 Å². The molecule has 7 heteroatoms. The molecule has 0 bridgehead atoms. The number of amides is 1. The number of nitrogens with zero attached hydrogens (tertiary/aromatic N) is 2. The number of hydrogen-bond acceptors (Lipinski definition) is 3. The number of carbonyl (C=O) groups is 1. The van der Waals surface area contributed by atoms with E-state index in [1.807, 2.05) is 11.8 Å². The Morgan fingerprint density at radius 2 is 1.78 bits per heavy atom. The second kappa shape index (κ2) is 9.44. The van der Waals surface area contributed by atoms with Crippen LogP contribution in [0.2, 0.25) is 0 Å². The molecule has 1 N–H and O–H groups in total. The summed E-state index contributed by atoms with van der Waals surface area (Å²) in [6.07, 6.45) is -2.29. The van der Waals surface area contributed by atoms with E-state index in [1.54, 1.807) is 6.07 Å². The lowest BCUT2D eigenvalue weighted by atomic mass is 10.0. The van der Waals surface area contributed by atoms with E-state index in [2.05, 4.69) is 24.1 Å². The molecule has 4 nitrogen and oxygen atoms in total. The Bertz CT molecular complexity index is 611. The van der Waals surface area contributed by atoms with Gasteiger partial charge in [0.1, 0.15) is 0 Å². The molecule has 0 spiro atoms. The minimum atomic E-state index is -4.33. The number of carbonyl (C=O) groups excluding carboxylic acids is 1. The summed E-state index contributed by atoms with van der Waals surface area (Å²) >= 11 is 0. The molecule has 0 aliphatic carbocycles. The maximum Gasteiger partial charge on any atom is 0.416 e. The second-order valence-electron chi connectivity index (χ2n) is 7.75. The van der Waals surface area contributed by atoms with E-state index in [0.29, 0.717) is 44.3 Å². The Hall–Kier alpha value is -1.76. The number of hydrogen-bond donors (Lipinski definition) is 1. The van der Waals surface area contributed by atoms with Crippen molar-refractivity contribution < 1.29 is 18.0 Å². The zero-order valence-electron chi connectivity index (χ0n) is 16.4. The van der Waals surface area contributed by atoms with Gasteiger partial charge in [-0.05, 0) is 43.9 Å². The molecular weight excluding hydrogens is 355 g/mol. The van der Waals surface area contributed by atoms with Gasteiger partial charge in [-0.2, -0.15) is 13.2 Å². The molecule has 1 amide bonds. The third-order valence-corrected chi connectivity index (χ3v) is 4.86. The summed E-state index contributed by atoms with van der Waals surface area (Å²) in [5, 5.41) is 3.03. The van der Waals surface area contributed by atoms with Crippen LogP contribution in [-0.2, 0) is 11.0 Å². The van der Waals surface area contributed by atoms with Crippen molar-refractivity contribution in [2.45, 2.75) is 45.8 Å². The largest absolute Gasteiger partial charge is 0.416 e. The van der Waals surface area contributed by atoms with Crippen LogP contribution in [0.15, 0.2) is 24.3 Å². The SMILES string of the molecule is CC(C)CC[C@@H](C)NC(=O)CN1CCN(c2cccc(C(F)(F)F)c2)CC1. The Kier molecular flexibility index (Phi) is 7.53. The summed E-state index contributed by atoms with van der Waals surface area (Å²) in [6, 6.07) is 5.58. The summed E-state index contributed by atoms with van der Waals surface area (Å²) in [4.78, 5) is 16.2. The Morgan fingerprint density at radius 3 is 2.37 bits per heavy atom. The zero-order valence-corrected chi connectivity index (χ0v) is 16.4. The molecule has 0 unspecified atom stereocenters. The van der Waals surface area contributed by atoms with Crippen molar-refractivity contribution in [2.24, 2.45) is 5.92 Å². The van der Waals surface area contributed by atoms with Crippen molar-refractivity contribution in [2.75, 3.05) is 37.6 Å². The fraction of sp³-hybridized carbons (Fsp3) is 0.650. The molecule has 0 saturated carbocycles. The van der Waals surface area contributed by atoms with Crippen LogP contribution in [0.25, 0.3) is 0 Å². The fourth-order valence-electron chi connectivity index (χ4n) is 3.22. The van der Waals surface area contributed by atoms with E-state index in [-0.39, 0.29) is 11.9 Å². The molecule has 1 aliphatic rings. The van der Waals surface area contributed by atoms with Gasteiger partial charge in [0.15, 0.2) is 0 Å². The summed E-state index contributed by atoms with van der Waals surface area (Å²) < 4.78 is 38.6. The van der Waals surface area contributed by atoms with Crippen LogP contribution in [0.1, 0.15) is 39.2 Å². The highest BCUT2D eigenvalue weighted by molar-refractivity contribution is 5.78. The van der Waals surface area contributed by atoms with Crippen LogP contribution in [0.3, 0.4) is 0 Å². The van der Waals surface area contributed by atoms with Crippen molar-refractivity contribution in [3.05, 3.63) is 29.8 Å². The Balaban J connectivity index is 1.79. The van der Waals surface area contributed by atoms with E-state index in [1.165, 1.54) is 12.1 Å². The number of alkyl halides is 3. The van der Waals surface area contributed by atoms with Gasteiger partial charge in [0.25, 0.3) is 0 Å². The molecule has 152 valence electrons. The van der Waals surface area contributed by atoms with Gasteiger partial charge >= 0.3 is 6.18 Å². The monoisotopic (exact) mass is 385 g/mol. The van der Waals surface area contributed by atoms with Gasteiger partial charge < -0.3 is 10.2 Å². The highest BCUT2D eigenvalue weighted by Crippen LogP contribution is 2.31. The van der Waals surface area contributed by atoms with E-state index in [0.717, 1.165) is 18.9 Å². The number of piperazine rings is 1. The first-order valence-corrected chi connectivity index (χ1v) is 9.59. The van der Waals surface area contributed by atoms with Crippen LogP contribution in [-0.4, -0.2) is 49.6 Å². The summed E-state index contributed by atoms with van der Waals surface area (Å²) in [5.41, 5.74) is -0.0478. The maximum absolute atomic E-state index is 12.9. The van der Waals surface area contributed by atoms with E-state index >= 15 is 0 Å². The van der Waals surface area contributed by atoms with Crippen LogP contribution >= 0.6 is 0 Å². The standard InChI is InChI=1S/C20H30F3N3O/c1-15(2)7-8-16(3)24-19(27)14-25-9-11-26(12-10-25)18-6-4-5-17(13-18)20(21,22)23/h4-6,13,15-16H,7-12,14H2,1-3H3,(H,24,27)/t16-/m1/s1. The molecule has 0 radical (unpaired) electrons. The van der Waals surface area contributed by atoms with Crippen LogP contribution < -0.4 is 10.2 Å². The maximum atomic E-state index is 12.9. The van der Waals surface area contributed by atoms with Gasteiger partial charge in [0.05, 0.1) is 12.1 Å². The van der Waals surface area contributed by atoms with Crippen LogP contribution in [0.4, 0.5) is 18.9 Å². The van der Waals surface area contributed by atoms with E-state index in [4.69, 9.17) is 0 Å². The molecule has 2 rings (SSSR count). The first-order valence-electron chi connectivity index (χ1n) is 9.59. The van der Waals surface area contributed by atoms with Gasteiger partial charge in [0, 0.05) is 37.9 Å². The first-order chi connectivity index (χ1) is 12.6. The number of anilines is 1. The molecule has 1 atom stereocenters. The molecule has 1 fully saturated rings. The van der Waals surface area contributed by atoms with Crippen LogP contribution in [0.5, 0.6) is 0 Å². The lowest BCUT2D eigenvalue weighted by Crippen LogP contribution is -2.50. The lowest BCUT2D eigenvalue weighted by Gasteiger charge is -2.36. The van der Waals surface area contributed by atoms with Crippen LogP contribution in [0, 0.1) is 5.92 Å². The third kappa shape index (κ3) is 7.05. The minimum Gasteiger partial charge on any atom is -0.369 e. The Labute approximate surface area is 159 Å². The smallest absolute Gasteiger partial charge is 0.369 e. The molecule has 1 aliphatic heterocycles. The molecule has 27 heavy (non-hydrogen) atoms. The number of rotatable bonds is 7. The quantitative estimate of drug-likeness (QED) is 0.776. The molecule has 1 aromatic carbocycles. The van der Waals surface area contributed by atoms with Crippen molar-refractivity contribution in [3.8, 4) is 0 Å². The molecule has 1 aromatic rings. The lowest BCUT2D eigenvalue weighted by molar-refractivity contribution is -0.137. The van der Waals surface area contributed by atoms with Gasteiger partial charge in [-0.3, -0.25) is 9.69 Å². The molecule has 1 saturated heterocycles. The topological polar surface area (TPSA) is 35.6 Å². The third-order valence-electron chi connectivity index (χ3n) is 4.86. The van der Waals surface area contributed by atoms with Gasteiger partial charge in [0.2, 0.25) is 5.91 Å². The average molecular weight is 385 g/mol. The van der Waals surface area contributed by atoms with Crippen molar-refractivity contribution in [3.63, 3.8) is 0 Å². The van der Waals surface area contributed by atoms with Gasteiger partial charge in [-0.1, -0.05) is 19.9 Å². The highest BCUT2D eigenvalue weighted by Gasteiger charge is 2.31. The molecule has 0 aromatic heterocycles. The number of halogens is 3. The van der Waals surface area contributed by atoms with Crippen molar-refractivity contribution in [1.82, 2.24) is 10.2 Å². The van der Waals surface area contributed by atoms with Gasteiger partial charge in [-0.15, -0.1) is 0 Å². The summed E-state index contributed by atoms with van der Waals surface area (Å²) in [5.74, 6) is 0.632. The van der Waals surface area contributed by atoms with Crippen molar-refractivity contribution in [1.29, 1.82) is 0 Å². The minimum absolute atomic E-state index is 0.0128. The van der Waals surface area contributed by atoms with E-state index in [9.17, 15) is 18.0 Å². The summed E-state index contributed by atoms with van der Waals surface area (Å²) in [7, 11) is 0. The highest BCUT2D eigenvalue weighted by atomic mass is 19.4. The molecule has 1 heterocycles.